The van der Waals surface area contributed by atoms with Gasteiger partial charge in [0.15, 0.2) is 0 Å². The Kier molecular flexibility index (Phi) is 2.71. The maximum absolute atomic E-state index is 11.7. The highest BCUT2D eigenvalue weighted by atomic mass is 16.7. The van der Waals surface area contributed by atoms with E-state index in [2.05, 4.69) is 0 Å². The number of carbonyl (C=O) groups excluding carboxylic acids is 1. The normalized spacial score (nSPS) is 37.9. The van der Waals surface area contributed by atoms with Crippen molar-refractivity contribution in [2.75, 3.05) is 19.8 Å². The van der Waals surface area contributed by atoms with E-state index in [1.807, 2.05) is 6.92 Å². The summed E-state index contributed by atoms with van der Waals surface area (Å²) in [5.74, 6) is -0.166. The quantitative estimate of drug-likeness (QED) is 0.624. The van der Waals surface area contributed by atoms with Crippen LogP contribution in [-0.4, -0.2) is 48.0 Å². The number of aliphatic hydroxyl groups excluding tert-OH is 1. The molecular formula is C9H15NO4. The van der Waals surface area contributed by atoms with Crippen LogP contribution in [0.1, 0.15) is 13.3 Å². The van der Waals surface area contributed by atoms with E-state index < -0.39 is 6.10 Å². The molecule has 5 heteroatoms. The number of hydrogen-bond acceptors (Lipinski definition) is 4. The standard InChI is InChI=1S/C9H15NO4/c1-6-2-7(4-13-6)9(12)10-3-8(11)5-14-10/h6-8,11H,2-5H2,1H3/t6?,7?,8-/m0/s1. The molecule has 3 atom stereocenters. The van der Waals surface area contributed by atoms with Gasteiger partial charge in [0.1, 0.15) is 6.61 Å². The molecule has 2 saturated heterocycles. The minimum Gasteiger partial charge on any atom is -0.389 e. The van der Waals surface area contributed by atoms with Crippen molar-refractivity contribution < 1.29 is 19.5 Å². The zero-order valence-corrected chi connectivity index (χ0v) is 8.18. The average molecular weight is 201 g/mol. The average Bonchev–Trinajstić information content (AvgIpc) is 2.73. The number of carbonyl (C=O) groups is 1. The van der Waals surface area contributed by atoms with Crippen LogP contribution < -0.4 is 0 Å². The molecular weight excluding hydrogens is 186 g/mol. The fourth-order valence-corrected chi connectivity index (χ4v) is 1.82. The molecule has 0 aromatic rings. The van der Waals surface area contributed by atoms with Crippen molar-refractivity contribution in [3.8, 4) is 0 Å². The third kappa shape index (κ3) is 1.89. The lowest BCUT2D eigenvalue weighted by atomic mass is 10.1. The van der Waals surface area contributed by atoms with Crippen LogP contribution >= 0.6 is 0 Å². The topological polar surface area (TPSA) is 59.0 Å². The molecule has 0 aliphatic carbocycles. The molecule has 0 radical (unpaired) electrons. The zero-order chi connectivity index (χ0) is 10.1. The Morgan fingerprint density at radius 2 is 2.29 bits per heavy atom. The Morgan fingerprint density at radius 1 is 1.50 bits per heavy atom. The van der Waals surface area contributed by atoms with Crippen molar-refractivity contribution in [2.45, 2.75) is 25.6 Å². The number of aliphatic hydroxyl groups is 1. The van der Waals surface area contributed by atoms with Crippen LogP contribution in [0.2, 0.25) is 0 Å². The van der Waals surface area contributed by atoms with Gasteiger partial charge in [-0.1, -0.05) is 0 Å². The van der Waals surface area contributed by atoms with Gasteiger partial charge in [0.25, 0.3) is 5.91 Å². The first-order valence-electron chi connectivity index (χ1n) is 4.91. The molecule has 14 heavy (non-hydrogen) atoms. The van der Waals surface area contributed by atoms with Crippen molar-refractivity contribution in [1.82, 2.24) is 5.06 Å². The van der Waals surface area contributed by atoms with Crippen molar-refractivity contribution in [2.24, 2.45) is 5.92 Å². The van der Waals surface area contributed by atoms with Crippen molar-refractivity contribution in [3.05, 3.63) is 0 Å². The van der Waals surface area contributed by atoms with Gasteiger partial charge in [-0.3, -0.25) is 9.63 Å². The fraction of sp³-hybridized carbons (Fsp3) is 0.889. The van der Waals surface area contributed by atoms with Gasteiger partial charge in [0, 0.05) is 0 Å². The molecule has 80 valence electrons. The van der Waals surface area contributed by atoms with E-state index in [1.54, 1.807) is 0 Å². The molecule has 0 spiro atoms. The maximum atomic E-state index is 11.7. The van der Waals surface area contributed by atoms with E-state index in [9.17, 15) is 9.90 Å². The van der Waals surface area contributed by atoms with Gasteiger partial charge in [0.05, 0.1) is 31.3 Å². The molecule has 2 fully saturated rings. The van der Waals surface area contributed by atoms with Gasteiger partial charge in [-0.2, -0.15) is 0 Å². The largest absolute Gasteiger partial charge is 0.389 e. The summed E-state index contributed by atoms with van der Waals surface area (Å²) in [7, 11) is 0. The highest BCUT2D eigenvalue weighted by Crippen LogP contribution is 2.22. The van der Waals surface area contributed by atoms with Crippen LogP contribution in [0.25, 0.3) is 0 Å². The molecule has 5 nitrogen and oxygen atoms in total. The van der Waals surface area contributed by atoms with Crippen LogP contribution in [0.4, 0.5) is 0 Å². The smallest absolute Gasteiger partial charge is 0.251 e. The number of nitrogens with zero attached hydrogens (tertiary/aromatic N) is 1. The lowest BCUT2D eigenvalue weighted by Crippen LogP contribution is -2.34. The Labute approximate surface area is 82.5 Å². The molecule has 0 aromatic carbocycles. The molecule has 2 aliphatic rings. The predicted octanol–water partition coefficient (Wildman–Crippen LogP) is -0.454. The van der Waals surface area contributed by atoms with Crippen LogP contribution in [0.3, 0.4) is 0 Å². The Bertz CT molecular complexity index is 211. The summed E-state index contributed by atoms with van der Waals surface area (Å²) in [5, 5.41) is 10.5. The van der Waals surface area contributed by atoms with Crippen molar-refractivity contribution >= 4 is 5.91 Å². The van der Waals surface area contributed by atoms with Gasteiger partial charge >= 0.3 is 0 Å². The summed E-state index contributed by atoms with van der Waals surface area (Å²) in [6.45, 7) is 2.92. The fourth-order valence-electron chi connectivity index (χ4n) is 1.82. The molecule has 2 rings (SSSR count). The number of hydroxylamine groups is 2. The van der Waals surface area contributed by atoms with Gasteiger partial charge in [-0.15, -0.1) is 0 Å². The second kappa shape index (κ2) is 3.84. The van der Waals surface area contributed by atoms with E-state index in [-0.39, 0.29) is 31.1 Å². The van der Waals surface area contributed by atoms with Crippen LogP contribution in [0.5, 0.6) is 0 Å². The lowest BCUT2D eigenvalue weighted by Gasteiger charge is -2.16. The van der Waals surface area contributed by atoms with Gasteiger partial charge in [-0.05, 0) is 13.3 Å². The van der Waals surface area contributed by atoms with Gasteiger partial charge in [-0.25, -0.2) is 5.06 Å². The number of ether oxygens (including phenoxy) is 1. The van der Waals surface area contributed by atoms with Crippen LogP contribution in [0, 0.1) is 5.92 Å². The number of hydrogen-bond donors (Lipinski definition) is 1. The van der Waals surface area contributed by atoms with Crippen LogP contribution in [-0.2, 0) is 14.4 Å². The molecule has 2 heterocycles. The molecule has 1 amide bonds. The predicted molar refractivity (Wildman–Crippen MR) is 47.2 cm³/mol. The Hall–Kier alpha value is -0.650. The summed E-state index contributed by atoms with van der Waals surface area (Å²) in [6.07, 6.45) is 0.351. The minimum atomic E-state index is -0.543. The summed E-state index contributed by atoms with van der Waals surface area (Å²) in [5.41, 5.74) is 0. The third-order valence-electron chi connectivity index (χ3n) is 2.59. The highest BCUT2D eigenvalue weighted by Gasteiger charge is 2.35. The van der Waals surface area contributed by atoms with E-state index in [0.29, 0.717) is 6.61 Å². The summed E-state index contributed by atoms with van der Waals surface area (Å²) in [6, 6.07) is 0. The molecule has 0 aromatic heterocycles. The first kappa shape index (κ1) is 9.89. The summed E-state index contributed by atoms with van der Waals surface area (Å²) >= 11 is 0. The monoisotopic (exact) mass is 201 g/mol. The van der Waals surface area contributed by atoms with Gasteiger partial charge < -0.3 is 9.84 Å². The summed E-state index contributed by atoms with van der Waals surface area (Å²) < 4.78 is 5.31. The summed E-state index contributed by atoms with van der Waals surface area (Å²) in [4.78, 5) is 16.8. The number of rotatable bonds is 1. The van der Waals surface area contributed by atoms with E-state index in [4.69, 9.17) is 9.57 Å². The Morgan fingerprint density at radius 3 is 2.79 bits per heavy atom. The van der Waals surface area contributed by atoms with Crippen molar-refractivity contribution in [3.63, 3.8) is 0 Å². The van der Waals surface area contributed by atoms with Crippen LogP contribution in [0.15, 0.2) is 0 Å². The molecule has 1 N–H and O–H groups in total. The first-order chi connectivity index (χ1) is 6.66. The Balaban J connectivity index is 1.89. The maximum Gasteiger partial charge on any atom is 0.251 e. The van der Waals surface area contributed by atoms with Gasteiger partial charge in [0.2, 0.25) is 0 Å². The highest BCUT2D eigenvalue weighted by molar-refractivity contribution is 5.78. The number of amides is 1. The van der Waals surface area contributed by atoms with Crippen molar-refractivity contribution in [1.29, 1.82) is 0 Å². The van der Waals surface area contributed by atoms with E-state index >= 15 is 0 Å². The van der Waals surface area contributed by atoms with E-state index in [0.717, 1.165) is 6.42 Å². The zero-order valence-electron chi connectivity index (χ0n) is 8.18. The lowest BCUT2D eigenvalue weighted by molar-refractivity contribution is -0.173. The second-order valence-electron chi connectivity index (χ2n) is 3.93. The third-order valence-corrected chi connectivity index (χ3v) is 2.59. The minimum absolute atomic E-state index is 0.0640. The molecule has 0 saturated carbocycles. The molecule has 0 bridgehead atoms. The number of β-amino-alcohol motifs (C(OH)–C–C–N with tert-alkyl or cyclic N) is 1. The second-order valence-corrected chi connectivity index (χ2v) is 3.93. The van der Waals surface area contributed by atoms with E-state index in [1.165, 1.54) is 5.06 Å². The molecule has 2 unspecified atom stereocenters. The SMILES string of the molecule is CC1CC(C(=O)N2C[C@H](O)CO2)CO1. The first-order valence-corrected chi connectivity index (χ1v) is 4.91. The molecule has 2 aliphatic heterocycles.